The highest BCUT2D eigenvalue weighted by atomic mass is 16.5. The maximum Gasteiger partial charge on any atom is 0.127 e. The molecule has 0 amide bonds. The number of hydrogen-bond donors (Lipinski definition) is 1. The predicted molar refractivity (Wildman–Crippen MR) is 84.1 cm³/mol. The molecule has 2 atom stereocenters. The van der Waals surface area contributed by atoms with Crippen LogP contribution in [0.1, 0.15) is 35.6 Å². The zero-order chi connectivity index (χ0) is 15.0. The van der Waals surface area contributed by atoms with E-state index in [1.807, 2.05) is 0 Å². The van der Waals surface area contributed by atoms with Gasteiger partial charge in [-0.15, -0.1) is 0 Å². The van der Waals surface area contributed by atoms with E-state index < -0.39 is 0 Å². The van der Waals surface area contributed by atoms with Gasteiger partial charge in [-0.25, -0.2) is 0 Å². The van der Waals surface area contributed by atoms with E-state index in [1.165, 1.54) is 23.1 Å². The molecule has 21 heavy (non-hydrogen) atoms. The van der Waals surface area contributed by atoms with Crippen LogP contribution in [0.4, 0.5) is 0 Å². The van der Waals surface area contributed by atoms with Gasteiger partial charge >= 0.3 is 0 Å². The molecule has 1 aliphatic carbocycles. The summed E-state index contributed by atoms with van der Waals surface area (Å²) in [6, 6.07) is 2.58. The molecule has 116 valence electrons. The molecule has 1 saturated heterocycles. The monoisotopic (exact) mass is 290 g/mol. The van der Waals surface area contributed by atoms with Crippen molar-refractivity contribution >= 4 is 0 Å². The molecule has 1 fully saturated rings. The number of likely N-dealkylation sites (tertiary alicyclic amines) is 1. The zero-order valence-electron chi connectivity index (χ0n) is 13.3. The molecule has 0 aromatic heterocycles. The highest BCUT2D eigenvalue weighted by Gasteiger charge is 2.34. The van der Waals surface area contributed by atoms with Crippen molar-refractivity contribution in [1.82, 2.24) is 4.90 Å². The smallest absolute Gasteiger partial charge is 0.127 e. The van der Waals surface area contributed by atoms with Gasteiger partial charge in [0.05, 0.1) is 14.2 Å². The first-order chi connectivity index (χ1) is 10.2. The van der Waals surface area contributed by atoms with Gasteiger partial charge in [0.2, 0.25) is 0 Å². The third-order valence-corrected chi connectivity index (χ3v) is 5.09. The first kappa shape index (κ1) is 14.7. The number of fused-ring (bicyclic) bond motifs is 1. The van der Waals surface area contributed by atoms with E-state index >= 15 is 0 Å². The SMILES string of the molecule is COc1cc(C2CC(CN)CN2C)c(OC)c2c1CCC2. The van der Waals surface area contributed by atoms with E-state index in [2.05, 4.69) is 18.0 Å². The fourth-order valence-electron chi connectivity index (χ4n) is 4.04. The Morgan fingerprint density at radius 2 is 2.00 bits per heavy atom. The zero-order valence-corrected chi connectivity index (χ0v) is 13.3. The van der Waals surface area contributed by atoms with Gasteiger partial charge < -0.3 is 15.2 Å². The summed E-state index contributed by atoms with van der Waals surface area (Å²) >= 11 is 0. The molecule has 2 unspecified atom stereocenters. The highest BCUT2D eigenvalue weighted by molar-refractivity contribution is 5.57. The van der Waals surface area contributed by atoms with E-state index in [0.717, 1.165) is 43.9 Å². The molecule has 2 N–H and O–H groups in total. The molecule has 1 heterocycles. The van der Waals surface area contributed by atoms with Gasteiger partial charge in [0.15, 0.2) is 0 Å². The third kappa shape index (κ3) is 2.40. The lowest BCUT2D eigenvalue weighted by Crippen LogP contribution is -2.21. The van der Waals surface area contributed by atoms with Crippen molar-refractivity contribution in [1.29, 1.82) is 0 Å². The molecule has 0 radical (unpaired) electrons. The van der Waals surface area contributed by atoms with Crippen LogP contribution in [-0.4, -0.2) is 39.3 Å². The third-order valence-electron chi connectivity index (χ3n) is 5.09. The number of hydrogen-bond acceptors (Lipinski definition) is 4. The van der Waals surface area contributed by atoms with Crippen molar-refractivity contribution in [3.8, 4) is 11.5 Å². The van der Waals surface area contributed by atoms with Gasteiger partial charge in [0, 0.05) is 29.3 Å². The predicted octanol–water partition coefficient (Wildman–Crippen LogP) is 2.14. The van der Waals surface area contributed by atoms with E-state index in [4.69, 9.17) is 15.2 Å². The average molecular weight is 290 g/mol. The molecule has 1 aliphatic heterocycles. The fourth-order valence-corrected chi connectivity index (χ4v) is 4.04. The summed E-state index contributed by atoms with van der Waals surface area (Å²) in [4.78, 5) is 2.40. The Labute approximate surface area is 127 Å². The fraction of sp³-hybridized carbons (Fsp3) is 0.647. The van der Waals surface area contributed by atoms with E-state index in [0.29, 0.717) is 12.0 Å². The van der Waals surface area contributed by atoms with Crippen molar-refractivity contribution in [3.05, 3.63) is 22.8 Å². The highest BCUT2D eigenvalue weighted by Crippen LogP contribution is 2.46. The Balaban J connectivity index is 2.06. The van der Waals surface area contributed by atoms with Gasteiger partial charge in [-0.05, 0) is 51.3 Å². The largest absolute Gasteiger partial charge is 0.496 e. The molecule has 1 aromatic rings. The van der Waals surface area contributed by atoms with Crippen molar-refractivity contribution in [3.63, 3.8) is 0 Å². The molecule has 0 saturated carbocycles. The van der Waals surface area contributed by atoms with Crippen LogP contribution >= 0.6 is 0 Å². The summed E-state index contributed by atoms with van der Waals surface area (Å²) in [7, 11) is 5.74. The topological polar surface area (TPSA) is 47.7 Å². The van der Waals surface area contributed by atoms with Crippen molar-refractivity contribution in [2.24, 2.45) is 11.7 Å². The maximum absolute atomic E-state index is 5.87. The Morgan fingerprint density at radius 1 is 1.24 bits per heavy atom. The first-order valence-electron chi connectivity index (χ1n) is 7.86. The van der Waals surface area contributed by atoms with Crippen LogP contribution in [-0.2, 0) is 12.8 Å². The normalized spacial score (nSPS) is 25.1. The summed E-state index contributed by atoms with van der Waals surface area (Å²) in [6.07, 6.45) is 4.49. The van der Waals surface area contributed by atoms with Crippen LogP contribution in [0.2, 0.25) is 0 Å². The molecular weight excluding hydrogens is 264 g/mol. The summed E-state index contributed by atoms with van der Waals surface area (Å²) in [5.41, 5.74) is 9.84. The van der Waals surface area contributed by atoms with Crippen molar-refractivity contribution in [2.45, 2.75) is 31.7 Å². The standard InChI is InChI=1S/C17H26N2O2/c1-19-10-11(9-18)7-15(19)14-8-16(20-2)12-5-4-6-13(12)17(14)21-3/h8,11,15H,4-7,9-10,18H2,1-3H3. The summed E-state index contributed by atoms with van der Waals surface area (Å²) in [6.45, 7) is 1.81. The quantitative estimate of drug-likeness (QED) is 0.923. The Bertz CT molecular complexity index is 530. The van der Waals surface area contributed by atoms with Gasteiger partial charge in [-0.1, -0.05) is 0 Å². The number of nitrogens with two attached hydrogens (primary N) is 1. The number of methoxy groups -OCH3 is 2. The van der Waals surface area contributed by atoms with Crippen LogP contribution in [0.3, 0.4) is 0 Å². The molecule has 0 spiro atoms. The molecule has 0 bridgehead atoms. The molecule has 4 heteroatoms. The lowest BCUT2D eigenvalue weighted by Gasteiger charge is -2.24. The van der Waals surface area contributed by atoms with Crippen molar-refractivity contribution < 1.29 is 9.47 Å². The number of benzene rings is 1. The van der Waals surface area contributed by atoms with Crippen LogP contribution in [0.5, 0.6) is 11.5 Å². The van der Waals surface area contributed by atoms with Gasteiger partial charge in [0.1, 0.15) is 11.5 Å². The van der Waals surface area contributed by atoms with E-state index in [1.54, 1.807) is 14.2 Å². The van der Waals surface area contributed by atoms with Gasteiger partial charge in [-0.3, -0.25) is 4.90 Å². The van der Waals surface area contributed by atoms with Crippen LogP contribution < -0.4 is 15.2 Å². The molecule has 3 rings (SSSR count). The molecular formula is C17H26N2O2. The van der Waals surface area contributed by atoms with Crippen LogP contribution in [0.15, 0.2) is 6.07 Å². The number of nitrogens with zero attached hydrogens (tertiary/aromatic N) is 1. The summed E-state index contributed by atoms with van der Waals surface area (Å²) < 4.78 is 11.5. The lowest BCUT2D eigenvalue weighted by molar-refractivity contribution is 0.300. The Morgan fingerprint density at radius 3 is 2.62 bits per heavy atom. The van der Waals surface area contributed by atoms with Crippen LogP contribution in [0.25, 0.3) is 0 Å². The molecule has 1 aromatic carbocycles. The van der Waals surface area contributed by atoms with Gasteiger partial charge in [-0.2, -0.15) is 0 Å². The van der Waals surface area contributed by atoms with E-state index in [-0.39, 0.29) is 0 Å². The Hall–Kier alpha value is -1.26. The second-order valence-corrected chi connectivity index (χ2v) is 6.30. The second-order valence-electron chi connectivity index (χ2n) is 6.30. The average Bonchev–Trinajstić information content (AvgIpc) is 3.11. The first-order valence-corrected chi connectivity index (χ1v) is 7.86. The number of ether oxygens (including phenoxy) is 2. The number of rotatable bonds is 4. The van der Waals surface area contributed by atoms with Gasteiger partial charge in [0.25, 0.3) is 0 Å². The minimum Gasteiger partial charge on any atom is -0.496 e. The van der Waals surface area contributed by atoms with Crippen LogP contribution in [0, 0.1) is 5.92 Å². The summed E-state index contributed by atoms with van der Waals surface area (Å²) in [5.74, 6) is 2.68. The molecule has 2 aliphatic rings. The Kier molecular flexibility index (Phi) is 4.09. The minimum absolute atomic E-state index is 0.383. The second kappa shape index (κ2) is 5.85. The minimum atomic E-state index is 0.383. The lowest BCUT2D eigenvalue weighted by atomic mass is 9.94. The maximum atomic E-state index is 5.87. The van der Waals surface area contributed by atoms with Crippen molar-refractivity contribution in [2.75, 3.05) is 34.4 Å². The summed E-state index contributed by atoms with van der Waals surface area (Å²) in [5, 5.41) is 0. The van der Waals surface area contributed by atoms with E-state index in [9.17, 15) is 0 Å². The molecule has 4 nitrogen and oxygen atoms in total.